The number of benzene rings is 2. The smallest absolute Gasteiger partial charge is 0.254 e. The molecule has 0 fully saturated rings. The van der Waals surface area contributed by atoms with Crippen LogP contribution in [0.15, 0.2) is 59.8 Å². The average molecular weight is 490 g/mol. The van der Waals surface area contributed by atoms with Crippen molar-refractivity contribution < 1.29 is 19.1 Å². The highest BCUT2D eigenvalue weighted by atomic mass is 35.5. The van der Waals surface area contributed by atoms with E-state index >= 15 is 0 Å². The van der Waals surface area contributed by atoms with Gasteiger partial charge in [-0.15, -0.1) is 0 Å². The molecule has 0 saturated carbocycles. The van der Waals surface area contributed by atoms with E-state index < -0.39 is 0 Å². The van der Waals surface area contributed by atoms with Crippen LogP contribution in [0.1, 0.15) is 15.9 Å². The van der Waals surface area contributed by atoms with Crippen LogP contribution in [0.3, 0.4) is 0 Å². The molecular weight excluding hydrogens is 473 g/mol. The van der Waals surface area contributed by atoms with Crippen LogP contribution in [0.25, 0.3) is 0 Å². The van der Waals surface area contributed by atoms with Crippen molar-refractivity contribution in [2.45, 2.75) is 11.6 Å². The fourth-order valence-corrected chi connectivity index (χ4v) is 4.19. The average Bonchev–Trinajstić information content (AvgIpc) is 3.25. The van der Waals surface area contributed by atoms with Crippen LogP contribution in [-0.2, 0) is 11.3 Å². The number of nitrogens with one attached hydrogen (secondary N) is 2. The van der Waals surface area contributed by atoms with Gasteiger partial charge in [0.15, 0.2) is 11.5 Å². The first-order chi connectivity index (χ1) is 15.5. The maximum atomic E-state index is 12.7. The first-order valence-corrected chi connectivity index (χ1v) is 11.2. The number of anilines is 1. The summed E-state index contributed by atoms with van der Waals surface area (Å²) in [6, 6.07) is 13.6. The highest BCUT2D eigenvalue weighted by Gasteiger charge is 2.16. The molecule has 3 aromatic rings. The molecule has 1 aromatic heterocycles. The van der Waals surface area contributed by atoms with E-state index in [0.717, 1.165) is 5.56 Å². The maximum absolute atomic E-state index is 12.7. The van der Waals surface area contributed by atoms with E-state index in [4.69, 9.17) is 32.7 Å². The van der Waals surface area contributed by atoms with Gasteiger partial charge in [-0.2, -0.15) is 0 Å². The highest BCUT2D eigenvalue weighted by molar-refractivity contribution is 8.00. The van der Waals surface area contributed by atoms with Gasteiger partial charge in [0.05, 0.1) is 11.3 Å². The van der Waals surface area contributed by atoms with Gasteiger partial charge < -0.3 is 20.1 Å². The summed E-state index contributed by atoms with van der Waals surface area (Å²) in [6.07, 6.45) is 1.57. The fraction of sp³-hybridized carbons (Fsp3) is 0.136. The Kier molecular flexibility index (Phi) is 7.04. The molecule has 0 spiro atoms. The minimum Gasteiger partial charge on any atom is -0.454 e. The van der Waals surface area contributed by atoms with E-state index in [1.54, 1.807) is 54.7 Å². The van der Waals surface area contributed by atoms with Crippen LogP contribution in [0.5, 0.6) is 11.5 Å². The first kappa shape index (κ1) is 22.3. The minimum atomic E-state index is -0.317. The predicted molar refractivity (Wildman–Crippen MR) is 124 cm³/mol. The number of hydrogen-bond donors (Lipinski definition) is 2. The molecule has 2 N–H and O–H groups in total. The lowest BCUT2D eigenvalue weighted by Gasteiger charge is -2.10. The molecule has 4 rings (SSSR count). The third-order valence-corrected chi connectivity index (χ3v) is 6.06. The zero-order valence-electron chi connectivity index (χ0n) is 16.6. The van der Waals surface area contributed by atoms with Crippen LogP contribution in [0.4, 0.5) is 5.69 Å². The lowest BCUT2D eigenvalue weighted by molar-refractivity contribution is -0.113. The summed E-state index contributed by atoms with van der Waals surface area (Å²) in [6.45, 7) is 0.399. The maximum Gasteiger partial charge on any atom is 0.254 e. The molecule has 0 unspecified atom stereocenters. The van der Waals surface area contributed by atoms with Gasteiger partial charge in [0.1, 0.15) is 5.03 Å². The van der Waals surface area contributed by atoms with Crippen LogP contribution < -0.4 is 20.1 Å². The summed E-state index contributed by atoms with van der Waals surface area (Å²) < 4.78 is 10.6. The van der Waals surface area contributed by atoms with Crippen molar-refractivity contribution in [1.82, 2.24) is 10.3 Å². The van der Waals surface area contributed by atoms with Gasteiger partial charge in [-0.1, -0.05) is 41.0 Å². The quantitative estimate of drug-likeness (QED) is 0.464. The van der Waals surface area contributed by atoms with Gasteiger partial charge in [0, 0.05) is 34.5 Å². The molecule has 0 bridgehead atoms. The highest BCUT2D eigenvalue weighted by Crippen LogP contribution is 2.34. The lowest BCUT2D eigenvalue weighted by Crippen LogP contribution is -2.24. The fourth-order valence-electron chi connectivity index (χ4n) is 2.92. The summed E-state index contributed by atoms with van der Waals surface area (Å²) >= 11 is 13.2. The SMILES string of the molecule is O=C(CSc1ncccc1C(=O)NCc1ccc(Cl)cc1Cl)Nc1ccc2c(c1)OCO2. The number of rotatable bonds is 7. The zero-order valence-corrected chi connectivity index (χ0v) is 18.9. The van der Waals surface area contributed by atoms with Crippen molar-refractivity contribution in [3.05, 3.63) is 75.9 Å². The van der Waals surface area contributed by atoms with Crippen molar-refractivity contribution in [3.8, 4) is 11.5 Å². The molecule has 0 saturated heterocycles. The Labute approximate surface area is 198 Å². The van der Waals surface area contributed by atoms with Crippen molar-refractivity contribution >= 4 is 52.5 Å². The third-order valence-electron chi connectivity index (χ3n) is 4.47. The number of thioether (sulfide) groups is 1. The van der Waals surface area contributed by atoms with Gasteiger partial charge in [0.2, 0.25) is 12.7 Å². The number of fused-ring (bicyclic) bond motifs is 1. The predicted octanol–water partition coefficient (Wildman–Crippen LogP) is 4.78. The minimum absolute atomic E-state index is 0.0781. The molecular formula is C22H17Cl2N3O4S. The molecule has 10 heteroatoms. The number of carbonyl (C=O) groups is 2. The molecule has 32 heavy (non-hydrogen) atoms. The molecule has 2 heterocycles. The van der Waals surface area contributed by atoms with Gasteiger partial charge in [-0.25, -0.2) is 4.98 Å². The Morgan fingerprint density at radius 3 is 2.75 bits per heavy atom. The van der Waals surface area contributed by atoms with E-state index in [9.17, 15) is 9.59 Å². The van der Waals surface area contributed by atoms with Gasteiger partial charge >= 0.3 is 0 Å². The molecule has 2 aromatic carbocycles. The summed E-state index contributed by atoms with van der Waals surface area (Å²) in [7, 11) is 0. The Morgan fingerprint density at radius 2 is 1.91 bits per heavy atom. The van der Waals surface area contributed by atoms with Crippen molar-refractivity contribution in [2.24, 2.45) is 0 Å². The second-order valence-corrected chi connectivity index (χ2v) is 8.49. The number of ether oxygens (including phenoxy) is 2. The van der Waals surface area contributed by atoms with E-state index in [-0.39, 0.29) is 30.9 Å². The Hall–Kier alpha value is -2.94. The van der Waals surface area contributed by atoms with Crippen LogP contribution >= 0.6 is 35.0 Å². The van der Waals surface area contributed by atoms with E-state index in [1.165, 1.54) is 11.8 Å². The lowest BCUT2D eigenvalue weighted by atomic mass is 10.2. The summed E-state index contributed by atoms with van der Waals surface area (Å²) in [4.78, 5) is 29.3. The molecule has 7 nitrogen and oxygen atoms in total. The number of carbonyl (C=O) groups excluding carboxylic acids is 2. The molecule has 164 valence electrons. The van der Waals surface area contributed by atoms with Crippen LogP contribution in [0.2, 0.25) is 10.0 Å². The van der Waals surface area contributed by atoms with E-state index in [1.807, 2.05) is 0 Å². The van der Waals surface area contributed by atoms with Crippen molar-refractivity contribution in [2.75, 3.05) is 17.9 Å². The normalized spacial score (nSPS) is 11.8. The molecule has 1 aliphatic rings. The summed E-state index contributed by atoms with van der Waals surface area (Å²) in [5.74, 6) is 0.748. The third kappa shape index (κ3) is 5.45. The van der Waals surface area contributed by atoms with Gasteiger partial charge in [-0.3, -0.25) is 9.59 Å². The number of pyridine rings is 1. The monoisotopic (exact) mass is 489 g/mol. The topological polar surface area (TPSA) is 89.6 Å². The second-order valence-electron chi connectivity index (χ2n) is 6.68. The largest absolute Gasteiger partial charge is 0.454 e. The molecule has 1 aliphatic heterocycles. The second kappa shape index (κ2) is 10.1. The van der Waals surface area contributed by atoms with Crippen LogP contribution in [-0.4, -0.2) is 29.3 Å². The number of hydrogen-bond acceptors (Lipinski definition) is 6. The van der Waals surface area contributed by atoms with E-state index in [0.29, 0.717) is 37.8 Å². The van der Waals surface area contributed by atoms with Gasteiger partial charge in [-0.05, 0) is 42.0 Å². The first-order valence-electron chi connectivity index (χ1n) is 9.49. The Balaban J connectivity index is 1.35. The van der Waals surface area contributed by atoms with Crippen LogP contribution in [0, 0.1) is 0 Å². The number of aromatic nitrogens is 1. The number of halogens is 2. The summed E-state index contributed by atoms with van der Waals surface area (Å²) in [5, 5.41) is 7.07. The zero-order chi connectivity index (χ0) is 22.5. The Morgan fingerprint density at radius 1 is 1.06 bits per heavy atom. The van der Waals surface area contributed by atoms with Crippen molar-refractivity contribution in [1.29, 1.82) is 0 Å². The van der Waals surface area contributed by atoms with E-state index in [2.05, 4.69) is 15.6 Å². The molecule has 2 amide bonds. The number of amides is 2. The summed E-state index contributed by atoms with van der Waals surface area (Å²) in [5.41, 5.74) is 1.71. The number of nitrogens with zero attached hydrogens (tertiary/aromatic N) is 1. The van der Waals surface area contributed by atoms with Crippen molar-refractivity contribution in [3.63, 3.8) is 0 Å². The standard InChI is InChI=1S/C22H17Cl2N3O4S/c23-14-4-3-13(17(24)8-14)10-26-21(29)16-2-1-7-25-22(16)32-11-20(28)27-15-5-6-18-19(9-15)31-12-30-18/h1-9H,10-12H2,(H,26,29)(H,27,28). The molecule has 0 radical (unpaired) electrons. The Bertz CT molecular complexity index is 1180. The van der Waals surface area contributed by atoms with Gasteiger partial charge in [0.25, 0.3) is 5.91 Å². The molecule has 0 aliphatic carbocycles. The molecule has 0 atom stereocenters.